The summed E-state index contributed by atoms with van der Waals surface area (Å²) in [6, 6.07) is 6.40. The minimum Gasteiger partial charge on any atom is -0.472 e. The monoisotopic (exact) mass is 760 g/mol. The number of hydrogen-bond acceptors (Lipinski definition) is 18. The summed E-state index contributed by atoms with van der Waals surface area (Å²) in [4.78, 5) is 84.8. The van der Waals surface area contributed by atoms with Gasteiger partial charge in [0.25, 0.3) is 0 Å². The highest BCUT2D eigenvalue weighted by Gasteiger charge is 2.78. The molecular weight excluding hydrogens is 720 g/mol. The average molecular weight is 761 g/mol. The van der Waals surface area contributed by atoms with Crippen molar-refractivity contribution in [3.63, 3.8) is 0 Å². The fourth-order valence-electron chi connectivity index (χ4n) is 6.75. The van der Waals surface area contributed by atoms with Gasteiger partial charge in [0.2, 0.25) is 12.6 Å². The number of fused-ring (bicyclic) bond motifs is 3. The van der Waals surface area contributed by atoms with E-state index in [0.29, 0.717) is 11.3 Å². The van der Waals surface area contributed by atoms with Crippen LogP contribution in [0.25, 0.3) is 6.08 Å². The van der Waals surface area contributed by atoms with Crippen LogP contribution in [0.15, 0.2) is 42.7 Å². The highest BCUT2D eigenvalue weighted by Crippen LogP contribution is 2.61. The Kier molecular flexibility index (Phi) is 12.4. The largest absolute Gasteiger partial charge is 0.472 e. The summed E-state index contributed by atoms with van der Waals surface area (Å²) in [5.41, 5.74) is -0.658. The van der Waals surface area contributed by atoms with Gasteiger partial charge in [0.15, 0.2) is 18.3 Å². The van der Waals surface area contributed by atoms with E-state index in [9.17, 15) is 33.6 Å². The Balaban J connectivity index is 1.41. The lowest BCUT2D eigenvalue weighted by atomic mass is 9.85. The van der Waals surface area contributed by atoms with E-state index in [-0.39, 0.29) is 6.61 Å². The van der Waals surface area contributed by atoms with E-state index in [1.54, 1.807) is 30.3 Å². The van der Waals surface area contributed by atoms with Crippen LogP contribution in [0, 0.1) is 11.8 Å². The van der Waals surface area contributed by atoms with E-state index in [0.717, 1.165) is 27.7 Å². The van der Waals surface area contributed by atoms with E-state index >= 15 is 0 Å². The first-order valence-corrected chi connectivity index (χ1v) is 16.8. The number of benzene rings is 1. The van der Waals surface area contributed by atoms with Crippen molar-refractivity contribution in [2.45, 2.75) is 96.3 Å². The van der Waals surface area contributed by atoms with E-state index in [1.165, 1.54) is 32.3 Å². The van der Waals surface area contributed by atoms with Crippen molar-refractivity contribution in [3.8, 4) is 5.75 Å². The average Bonchev–Trinajstić information content (AvgIpc) is 3.75. The van der Waals surface area contributed by atoms with Gasteiger partial charge in [0.05, 0.1) is 12.2 Å². The third kappa shape index (κ3) is 9.42. The van der Waals surface area contributed by atoms with Crippen LogP contribution >= 0.6 is 0 Å². The Bertz CT molecular complexity index is 1680. The molecule has 1 saturated carbocycles. The fourth-order valence-corrected chi connectivity index (χ4v) is 6.75. The first kappa shape index (κ1) is 39.9. The van der Waals surface area contributed by atoms with Crippen molar-refractivity contribution in [2.75, 3.05) is 13.2 Å². The summed E-state index contributed by atoms with van der Waals surface area (Å²) in [6.45, 7) is 6.14. The first-order valence-electron chi connectivity index (χ1n) is 16.8. The predicted molar refractivity (Wildman–Crippen MR) is 175 cm³/mol. The molecule has 0 spiro atoms. The lowest BCUT2D eigenvalue weighted by Gasteiger charge is -2.46. The molecule has 11 atom stereocenters. The van der Waals surface area contributed by atoms with Crippen molar-refractivity contribution in [1.82, 2.24) is 0 Å². The van der Waals surface area contributed by atoms with Gasteiger partial charge in [0, 0.05) is 53.5 Å². The molecule has 2 saturated heterocycles. The smallest absolute Gasteiger partial charge is 0.331 e. The summed E-state index contributed by atoms with van der Waals surface area (Å²) in [6.07, 6.45) is -4.75. The summed E-state index contributed by atoms with van der Waals surface area (Å²) < 4.78 is 62.3. The van der Waals surface area contributed by atoms with Crippen LogP contribution < -0.4 is 4.74 Å². The number of hydrogen-bond donors (Lipinski definition) is 0. The van der Waals surface area contributed by atoms with Gasteiger partial charge in [-0.2, -0.15) is 0 Å². The van der Waals surface area contributed by atoms with E-state index < -0.39 is 115 Å². The molecule has 0 radical (unpaired) electrons. The number of carbonyl (C=O) groups excluding carboxylic acids is 7. The molecule has 1 aromatic rings. The molecule has 3 aliphatic heterocycles. The van der Waals surface area contributed by atoms with E-state index in [1.807, 2.05) is 0 Å². The van der Waals surface area contributed by atoms with E-state index in [2.05, 4.69) is 0 Å². The van der Waals surface area contributed by atoms with Gasteiger partial charge in [-0.15, -0.1) is 0 Å². The van der Waals surface area contributed by atoms with Crippen LogP contribution in [0.3, 0.4) is 0 Å². The fraction of sp³-hybridized carbons (Fsp3) is 0.528. The molecule has 1 aromatic carbocycles. The Morgan fingerprint density at radius 1 is 0.704 bits per heavy atom. The lowest BCUT2D eigenvalue weighted by Crippen LogP contribution is -2.64. The maximum absolute atomic E-state index is 13.1. The predicted octanol–water partition coefficient (Wildman–Crippen LogP) is 1.45. The molecule has 0 amide bonds. The van der Waals surface area contributed by atoms with Crippen molar-refractivity contribution >= 4 is 47.9 Å². The number of ether oxygens (including phenoxy) is 11. The summed E-state index contributed by atoms with van der Waals surface area (Å²) in [7, 11) is 0. The minimum absolute atomic E-state index is 0.275. The molecule has 5 rings (SSSR count). The maximum atomic E-state index is 13.1. The van der Waals surface area contributed by atoms with Crippen molar-refractivity contribution in [1.29, 1.82) is 0 Å². The number of esters is 7. The van der Waals surface area contributed by atoms with Crippen molar-refractivity contribution in [2.24, 2.45) is 11.8 Å². The molecule has 18 nitrogen and oxygen atoms in total. The normalized spacial score (nSPS) is 31.8. The molecule has 292 valence electrons. The molecule has 0 unspecified atom stereocenters. The topological polar surface area (TPSA) is 224 Å². The number of carbonyl (C=O) groups is 7. The summed E-state index contributed by atoms with van der Waals surface area (Å²) in [5.74, 6) is -6.12. The molecule has 54 heavy (non-hydrogen) atoms. The van der Waals surface area contributed by atoms with Gasteiger partial charge >= 0.3 is 41.8 Å². The molecule has 0 N–H and O–H groups in total. The quantitative estimate of drug-likeness (QED) is 0.0912. The molecule has 1 aliphatic carbocycles. The standard InChI is InChI=1S/C36H40O18/c1-17(37)45-15-26-30(48-20(4)40)31(49-21(5)41)32(50-22(6)42)35(51-26)53-34-28-25(13-14-44-34)29(33-36(28,54-33)16-46-18(2)38)52-27(43)12-9-23-7-10-24(11-8-23)47-19(3)39/h7-14,25-26,28-35H,15-16H2,1-6H3/b12-9-/t25-,26-,28-,29+,30-,31+,32-,33+,34+,35+,36-/m1/s1. The molecule has 0 bridgehead atoms. The highest BCUT2D eigenvalue weighted by molar-refractivity contribution is 5.87. The third-order valence-electron chi connectivity index (χ3n) is 8.76. The van der Waals surface area contributed by atoms with Gasteiger partial charge in [-0.05, 0) is 29.8 Å². The van der Waals surface area contributed by atoms with Gasteiger partial charge in [0.1, 0.15) is 42.9 Å². The summed E-state index contributed by atoms with van der Waals surface area (Å²) >= 11 is 0. The van der Waals surface area contributed by atoms with E-state index in [4.69, 9.17) is 52.1 Å². The molecule has 3 fully saturated rings. The van der Waals surface area contributed by atoms with Crippen molar-refractivity contribution < 1.29 is 85.7 Å². The van der Waals surface area contributed by atoms with Crippen LogP contribution in [0.4, 0.5) is 0 Å². The second-order valence-electron chi connectivity index (χ2n) is 12.8. The second kappa shape index (κ2) is 16.8. The van der Waals surface area contributed by atoms with Crippen molar-refractivity contribution in [3.05, 3.63) is 48.2 Å². The maximum Gasteiger partial charge on any atom is 0.331 e. The van der Waals surface area contributed by atoms with Crippen LogP contribution in [0.1, 0.15) is 47.1 Å². The SMILES string of the molecule is CC(=O)OC[C@H]1O[C@@H](O[C@@H]2OC=C[C@H]3[C@H](OC(=O)/C=C\c4ccc(OC(C)=O)cc4)[C@@H]4O[C@]4(COC(C)=O)[C@@H]23)[C@H](OC(C)=O)[C@@H](OC(C)=O)[C@@H]1OC(C)=O. The minimum atomic E-state index is -1.61. The van der Waals surface area contributed by atoms with Crippen LogP contribution in [0.2, 0.25) is 0 Å². The second-order valence-corrected chi connectivity index (χ2v) is 12.8. The van der Waals surface area contributed by atoms with Crippen LogP contribution in [-0.2, 0) is 80.9 Å². The van der Waals surface area contributed by atoms with Gasteiger partial charge in [-0.1, -0.05) is 12.1 Å². The Morgan fingerprint density at radius 2 is 1.33 bits per heavy atom. The Morgan fingerprint density at radius 3 is 1.94 bits per heavy atom. The first-order chi connectivity index (χ1) is 25.6. The zero-order chi connectivity index (χ0) is 39.3. The molecular formula is C36H40O18. The van der Waals surface area contributed by atoms with Crippen LogP contribution in [-0.4, -0.2) is 110 Å². The van der Waals surface area contributed by atoms with Gasteiger partial charge in [-0.3, -0.25) is 28.8 Å². The zero-order valence-electron chi connectivity index (χ0n) is 30.2. The lowest BCUT2D eigenvalue weighted by molar-refractivity contribution is -0.346. The number of epoxide rings is 1. The molecule has 3 heterocycles. The van der Waals surface area contributed by atoms with Gasteiger partial charge in [-0.25, -0.2) is 4.79 Å². The molecule has 0 aromatic heterocycles. The Hall–Kier alpha value is -5.33. The molecule has 18 heteroatoms. The summed E-state index contributed by atoms with van der Waals surface area (Å²) in [5, 5.41) is 0. The number of rotatable bonds is 13. The highest BCUT2D eigenvalue weighted by atomic mass is 16.8. The van der Waals surface area contributed by atoms with Crippen LogP contribution in [0.5, 0.6) is 5.75 Å². The molecule has 4 aliphatic rings. The van der Waals surface area contributed by atoms with Gasteiger partial charge < -0.3 is 52.1 Å². The third-order valence-corrected chi connectivity index (χ3v) is 8.76. The Labute approximate surface area is 308 Å². The zero-order valence-corrected chi connectivity index (χ0v) is 30.2.